The van der Waals surface area contributed by atoms with Crippen molar-refractivity contribution in [1.82, 2.24) is 0 Å². The Hall–Kier alpha value is -0.300. The maximum atomic E-state index is 3.48. The van der Waals surface area contributed by atoms with Crippen molar-refractivity contribution in [2.45, 2.75) is 45.4 Å². The molecule has 1 aromatic rings. The molecule has 84 valence electrons. The van der Waals surface area contributed by atoms with Crippen LogP contribution in [0.3, 0.4) is 0 Å². The fourth-order valence-corrected chi connectivity index (χ4v) is 2.26. The van der Waals surface area contributed by atoms with Crippen molar-refractivity contribution in [3.8, 4) is 0 Å². The molecule has 0 atom stereocenters. The number of halogens is 1. The Morgan fingerprint density at radius 2 is 1.73 bits per heavy atom. The summed E-state index contributed by atoms with van der Waals surface area (Å²) in [5, 5.41) is 1.06. The molecule has 0 spiro atoms. The number of benzene rings is 1. The molecular formula is C14H21Br. The molecule has 0 saturated heterocycles. The van der Waals surface area contributed by atoms with Crippen molar-refractivity contribution in [3.63, 3.8) is 0 Å². The number of hydrogen-bond donors (Lipinski definition) is 0. The second-order valence-corrected chi connectivity index (χ2v) is 4.86. The van der Waals surface area contributed by atoms with E-state index >= 15 is 0 Å². The standard InChI is InChI=1S/C14H21Br/c1-2-3-4-5-7-13-8-6-9-14(12-13)10-11-15/h6,8-9,12H,2-5,7,10-11H2,1H3. The second-order valence-electron chi connectivity index (χ2n) is 4.07. The molecule has 0 aliphatic rings. The van der Waals surface area contributed by atoms with E-state index in [1.807, 2.05) is 0 Å². The van der Waals surface area contributed by atoms with E-state index in [9.17, 15) is 0 Å². The van der Waals surface area contributed by atoms with Crippen molar-refractivity contribution in [3.05, 3.63) is 35.4 Å². The van der Waals surface area contributed by atoms with Gasteiger partial charge in [-0.3, -0.25) is 0 Å². The van der Waals surface area contributed by atoms with E-state index in [4.69, 9.17) is 0 Å². The van der Waals surface area contributed by atoms with Gasteiger partial charge in [-0.05, 0) is 30.4 Å². The molecule has 15 heavy (non-hydrogen) atoms. The molecule has 0 fully saturated rings. The first-order valence-corrected chi connectivity index (χ1v) is 7.12. The maximum absolute atomic E-state index is 3.48. The summed E-state index contributed by atoms with van der Waals surface area (Å²) in [5.41, 5.74) is 2.96. The summed E-state index contributed by atoms with van der Waals surface area (Å²) in [5.74, 6) is 0. The van der Waals surface area contributed by atoms with E-state index in [2.05, 4.69) is 47.1 Å². The second kappa shape index (κ2) is 7.92. The minimum atomic E-state index is 1.06. The zero-order valence-electron chi connectivity index (χ0n) is 9.64. The van der Waals surface area contributed by atoms with Gasteiger partial charge < -0.3 is 0 Å². The summed E-state index contributed by atoms with van der Waals surface area (Å²) in [6.07, 6.45) is 7.80. The molecule has 0 N–H and O–H groups in total. The molecule has 0 aliphatic heterocycles. The zero-order chi connectivity index (χ0) is 10.9. The lowest BCUT2D eigenvalue weighted by atomic mass is 10.0. The Kier molecular flexibility index (Phi) is 6.74. The van der Waals surface area contributed by atoms with Crippen LogP contribution in [0, 0.1) is 0 Å². The third-order valence-corrected chi connectivity index (χ3v) is 3.09. The molecule has 0 aliphatic carbocycles. The summed E-state index contributed by atoms with van der Waals surface area (Å²) < 4.78 is 0. The lowest BCUT2D eigenvalue weighted by molar-refractivity contribution is 0.666. The van der Waals surface area contributed by atoms with E-state index in [0.717, 1.165) is 11.8 Å². The van der Waals surface area contributed by atoms with E-state index < -0.39 is 0 Å². The van der Waals surface area contributed by atoms with E-state index in [-0.39, 0.29) is 0 Å². The van der Waals surface area contributed by atoms with Crippen molar-refractivity contribution >= 4 is 15.9 Å². The van der Waals surface area contributed by atoms with Gasteiger partial charge in [0.25, 0.3) is 0 Å². The number of alkyl halides is 1. The minimum Gasteiger partial charge on any atom is -0.0924 e. The highest BCUT2D eigenvalue weighted by Crippen LogP contribution is 2.11. The first-order chi connectivity index (χ1) is 7.36. The maximum Gasteiger partial charge on any atom is 0.00718 e. The van der Waals surface area contributed by atoms with Gasteiger partial charge in [-0.25, -0.2) is 0 Å². The van der Waals surface area contributed by atoms with E-state index in [1.165, 1.54) is 43.2 Å². The van der Waals surface area contributed by atoms with Crippen LogP contribution in [0.15, 0.2) is 24.3 Å². The molecule has 0 unspecified atom stereocenters. The average Bonchev–Trinajstić information content (AvgIpc) is 2.26. The van der Waals surface area contributed by atoms with Crippen LogP contribution in [0.2, 0.25) is 0 Å². The normalized spacial score (nSPS) is 10.5. The number of aryl methyl sites for hydroxylation is 2. The Labute approximate surface area is 102 Å². The van der Waals surface area contributed by atoms with Gasteiger partial charge in [0.15, 0.2) is 0 Å². The summed E-state index contributed by atoms with van der Waals surface area (Å²) >= 11 is 3.48. The van der Waals surface area contributed by atoms with Gasteiger partial charge in [-0.15, -0.1) is 0 Å². The van der Waals surface area contributed by atoms with Crippen molar-refractivity contribution in [2.75, 3.05) is 5.33 Å². The minimum absolute atomic E-state index is 1.06. The lowest BCUT2D eigenvalue weighted by Crippen LogP contribution is -1.90. The van der Waals surface area contributed by atoms with Crippen LogP contribution in [0.1, 0.15) is 43.7 Å². The van der Waals surface area contributed by atoms with Crippen molar-refractivity contribution < 1.29 is 0 Å². The lowest BCUT2D eigenvalue weighted by Gasteiger charge is -2.04. The number of rotatable bonds is 7. The van der Waals surface area contributed by atoms with Crippen LogP contribution in [-0.4, -0.2) is 5.33 Å². The molecule has 0 aromatic heterocycles. The van der Waals surface area contributed by atoms with Crippen molar-refractivity contribution in [1.29, 1.82) is 0 Å². The zero-order valence-corrected chi connectivity index (χ0v) is 11.2. The summed E-state index contributed by atoms with van der Waals surface area (Å²) in [7, 11) is 0. The van der Waals surface area contributed by atoms with Gasteiger partial charge in [-0.2, -0.15) is 0 Å². The molecule has 1 aromatic carbocycles. The van der Waals surface area contributed by atoms with Crippen molar-refractivity contribution in [2.24, 2.45) is 0 Å². The predicted molar refractivity (Wildman–Crippen MR) is 71.8 cm³/mol. The van der Waals surface area contributed by atoms with Gasteiger partial charge in [0, 0.05) is 5.33 Å². The van der Waals surface area contributed by atoms with Crippen LogP contribution in [0.4, 0.5) is 0 Å². The Balaban J connectivity index is 2.36. The Morgan fingerprint density at radius 1 is 1.00 bits per heavy atom. The molecule has 0 amide bonds. The number of hydrogen-bond acceptors (Lipinski definition) is 0. The van der Waals surface area contributed by atoms with E-state index in [1.54, 1.807) is 0 Å². The fraction of sp³-hybridized carbons (Fsp3) is 0.571. The smallest absolute Gasteiger partial charge is 0.00718 e. The molecule has 0 nitrogen and oxygen atoms in total. The first kappa shape index (κ1) is 12.8. The van der Waals surface area contributed by atoms with Crippen LogP contribution >= 0.6 is 15.9 Å². The molecule has 1 rings (SSSR count). The molecule has 0 bridgehead atoms. The average molecular weight is 269 g/mol. The molecule has 0 heterocycles. The van der Waals surface area contributed by atoms with Crippen LogP contribution < -0.4 is 0 Å². The molecule has 0 saturated carbocycles. The summed E-state index contributed by atoms with van der Waals surface area (Å²) in [6.45, 7) is 2.26. The highest BCUT2D eigenvalue weighted by atomic mass is 79.9. The van der Waals surface area contributed by atoms with Gasteiger partial charge in [0.2, 0.25) is 0 Å². The third kappa shape index (κ3) is 5.36. The fourth-order valence-electron chi connectivity index (χ4n) is 1.81. The first-order valence-electron chi connectivity index (χ1n) is 6.00. The molecular weight excluding hydrogens is 248 g/mol. The van der Waals surface area contributed by atoms with Gasteiger partial charge >= 0.3 is 0 Å². The highest BCUT2D eigenvalue weighted by molar-refractivity contribution is 9.09. The van der Waals surface area contributed by atoms with Crippen LogP contribution in [-0.2, 0) is 12.8 Å². The molecule has 0 radical (unpaired) electrons. The van der Waals surface area contributed by atoms with Gasteiger partial charge in [0.1, 0.15) is 0 Å². The van der Waals surface area contributed by atoms with Gasteiger partial charge in [0.05, 0.1) is 0 Å². The molecule has 1 heteroatoms. The predicted octanol–water partition coefficient (Wildman–Crippen LogP) is 4.75. The summed E-state index contributed by atoms with van der Waals surface area (Å²) in [4.78, 5) is 0. The third-order valence-electron chi connectivity index (χ3n) is 2.69. The van der Waals surface area contributed by atoms with Gasteiger partial charge in [-0.1, -0.05) is 66.4 Å². The van der Waals surface area contributed by atoms with Crippen LogP contribution in [0.5, 0.6) is 0 Å². The topological polar surface area (TPSA) is 0 Å². The monoisotopic (exact) mass is 268 g/mol. The largest absolute Gasteiger partial charge is 0.0924 e. The quantitative estimate of drug-likeness (QED) is 0.495. The SMILES string of the molecule is CCCCCCc1cccc(CCBr)c1. The Bertz CT molecular complexity index is 268. The Morgan fingerprint density at radius 3 is 2.40 bits per heavy atom. The highest BCUT2D eigenvalue weighted by Gasteiger charge is 1.96. The number of unbranched alkanes of at least 4 members (excludes halogenated alkanes) is 3. The van der Waals surface area contributed by atoms with Crippen LogP contribution in [0.25, 0.3) is 0 Å². The summed E-state index contributed by atoms with van der Waals surface area (Å²) in [6, 6.07) is 9.01. The van der Waals surface area contributed by atoms with E-state index in [0.29, 0.717) is 0 Å².